The molecule has 3 N–H and O–H groups in total. The van der Waals surface area contributed by atoms with Gasteiger partial charge in [0.05, 0.1) is 29.3 Å². The van der Waals surface area contributed by atoms with Crippen molar-refractivity contribution in [3.8, 4) is 22.5 Å². The lowest BCUT2D eigenvalue weighted by atomic mass is 10.1. The van der Waals surface area contributed by atoms with Crippen molar-refractivity contribution >= 4 is 24.0 Å². The molecule has 4 rings (SSSR count). The molecule has 1 aromatic carbocycles. The number of unbranched alkanes of at least 4 members (excludes halogenated alkanes) is 2. The molecule has 0 saturated heterocycles. The van der Waals surface area contributed by atoms with Crippen molar-refractivity contribution in [1.82, 2.24) is 40.2 Å². The number of nitrogens with one attached hydrogen (secondary N) is 3. The average Bonchev–Trinajstić information content (AvgIpc) is 3.72. The number of carbonyl (C=O) groups excluding carboxylic acids is 2. The van der Waals surface area contributed by atoms with E-state index in [9.17, 15) is 9.59 Å². The van der Waals surface area contributed by atoms with E-state index in [-0.39, 0.29) is 24.4 Å². The Labute approximate surface area is 234 Å². The molecular formula is C30H36N8O2. The van der Waals surface area contributed by atoms with Crippen molar-refractivity contribution in [2.75, 3.05) is 7.05 Å². The number of rotatable bonds is 14. The highest BCUT2D eigenvalue weighted by Gasteiger charge is 2.19. The van der Waals surface area contributed by atoms with Gasteiger partial charge in [0.2, 0.25) is 11.8 Å². The molecule has 10 nitrogen and oxygen atoms in total. The molecule has 3 heterocycles. The Morgan fingerprint density at radius 2 is 1.80 bits per heavy atom. The molecule has 0 saturated carbocycles. The summed E-state index contributed by atoms with van der Waals surface area (Å²) >= 11 is 0. The van der Waals surface area contributed by atoms with Crippen molar-refractivity contribution in [2.24, 2.45) is 7.05 Å². The van der Waals surface area contributed by atoms with Crippen LogP contribution in [0.5, 0.6) is 0 Å². The summed E-state index contributed by atoms with van der Waals surface area (Å²) in [5.74, 6) is 0.538. The Morgan fingerprint density at radius 1 is 1.02 bits per heavy atom. The zero-order valence-electron chi connectivity index (χ0n) is 23.1. The van der Waals surface area contributed by atoms with E-state index >= 15 is 0 Å². The van der Waals surface area contributed by atoms with Gasteiger partial charge >= 0.3 is 0 Å². The van der Waals surface area contributed by atoms with Gasteiger partial charge in [-0.2, -0.15) is 10.2 Å². The highest BCUT2D eigenvalue weighted by atomic mass is 16.2. The van der Waals surface area contributed by atoms with E-state index in [0.717, 1.165) is 47.3 Å². The molecule has 0 aliphatic rings. The fraction of sp³-hybridized carbons (Fsp3) is 0.300. The van der Waals surface area contributed by atoms with Crippen LogP contribution in [0, 0.1) is 0 Å². The number of amides is 2. The highest BCUT2D eigenvalue weighted by Crippen LogP contribution is 2.25. The van der Waals surface area contributed by atoms with Crippen LogP contribution in [0.4, 0.5) is 0 Å². The number of aryl methyl sites for hydroxylation is 1. The lowest BCUT2D eigenvalue weighted by Crippen LogP contribution is -2.32. The van der Waals surface area contributed by atoms with Crippen LogP contribution >= 0.6 is 0 Å². The summed E-state index contributed by atoms with van der Waals surface area (Å²) in [6.45, 7) is 7.62. The van der Waals surface area contributed by atoms with Gasteiger partial charge in [-0.3, -0.25) is 19.0 Å². The zero-order chi connectivity index (χ0) is 28.5. The molecule has 0 aliphatic carbocycles. The number of imidazole rings is 1. The van der Waals surface area contributed by atoms with Crippen LogP contribution in [0.3, 0.4) is 0 Å². The normalized spacial score (nSPS) is 11.7. The molecule has 2 amide bonds. The van der Waals surface area contributed by atoms with E-state index < -0.39 is 0 Å². The van der Waals surface area contributed by atoms with Crippen LogP contribution in [-0.2, 0) is 23.2 Å². The van der Waals surface area contributed by atoms with E-state index in [2.05, 4.69) is 44.0 Å². The Morgan fingerprint density at radius 3 is 2.45 bits per heavy atom. The molecule has 0 fully saturated rings. The standard InChI is InChI=1S/C30H36N8O2/c1-5-21-19-38(36-24(21)6-2)20-29(40)33-26(10-8-7-9-11-28(39)31-3)30-32-18-27(34-30)23-14-12-22(13-15-23)25-16-17-37(4)35-25/h5-6,12-19,26H,1-2,7-11,20H2,3-4H3,(H,31,39)(H,32,34)(H,33,40)/t26-/m0/s1. The van der Waals surface area contributed by atoms with Crippen molar-refractivity contribution in [3.63, 3.8) is 0 Å². The van der Waals surface area contributed by atoms with Crippen molar-refractivity contribution in [3.05, 3.63) is 79.2 Å². The second kappa shape index (κ2) is 13.4. The summed E-state index contributed by atoms with van der Waals surface area (Å²) in [6.07, 6.45) is 12.5. The maximum absolute atomic E-state index is 13.0. The first-order valence-corrected chi connectivity index (χ1v) is 13.4. The van der Waals surface area contributed by atoms with Crippen LogP contribution in [-0.4, -0.2) is 48.4 Å². The van der Waals surface area contributed by atoms with E-state index in [1.54, 1.807) is 41.0 Å². The number of benzene rings is 1. The molecule has 3 aromatic heterocycles. The van der Waals surface area contributed by atoms with Gasteiger partial charge in [0.1, 0.15) is 12.4 Å². The van der Waals surface area contributed by atoms with E-state index in [1.165, 1.54) is 0 Å². The maximum Gasteiger partial charge on any atom is 0.242 e. The Kier molecular flexibility index (Phi) is 9.45. The number of carbonyl (C=O) groups is 2. The summed E-state index contributed by atoms with van der Waals surface area (Å²) in [6, 6.07) is 9.78. The number of hydrogen-bond donors (Lipinski definition) is 3. The quantitative estimate of drug-likeness (QED) is 0.203. The average molecular weight is 541 g/mol. The van der Waals surface area contributed by atoms with Gasteiger partial charge in [0.25, 0.3) is 0 Å². The molecule has 40 heavy (non-hydrogen) atoms. The first-order chi connectivity index (χ1) is 19.4. The lowest BCUT2D eigenvalue weighted by Gasteiger charge is -2.17. The SMILES string of the molecule is C=Cc1cn(CC(=O)N[C@@H](CCCCCC(=O)NC)c2ncc(-c3ccc(-c4ccn(C)n4)cc3)[nH]2)nc1C=C. The predicted molar refractivity (Wildman–Crippen MR) is 157 cm³/mol. The molecule has 0 radical (unpaired) electrons. The van der Waals surface area contributed by atoms with Gasteiger partial charge in [-0.05, 0) is 30.5 Å². The van der Waals surface area contributed by atoms with Gasteiger partial charge in [0.15, 0.2) is 0 Å². The minimum Gasteiger partial charge on any atom is -0.359 e. The second-order valence-electron chi connectivity index (χ2n) is 9.60. The fourth-order valence-electron chi connectivity index (χ4n) is 4.50. The third kappa shape index (κ3) is 7.22. The monoisotopic (exact) mass is 540 g/mol. The molecule has 4 aromatic rings. The first-order valence-electron chi connectivity index (χ1n) is 13.4. The van der Waals surface area contributed by atoms with Crippen molar-refractivity contribution in [1.29, 1.82) is 0 Å². The van der Waals surface area contributed by atoms with Crippen LogP contribution in [0.1, 0.15) is 55.2 Å². The number of hydrogen-bond acceptors (Lipinski definition) is 5. The van der Waals surface area contributed by atoms with Crippen LogP contribution in [0.25, 0.3) is 34.7 Å². The first kappa shape index (κ1) is 28.3. The summed E-state index contributed by atoms with van der Waals surface area (Å²) in [4.78, 5) is 32.6. The third-order valence-corrected chi connectivity index (χ3v) is 6.68. The third-order valence-electron chi connectivity index (χ3n) is 6.68. The Bertz CT molecular complexity index is 1440. The van der Waals surface area contributed by atoms with Gasteiger partial charge in [-0.25, -0.2) is 4.98 Å². The molecule has 0 bridgehead atoms. The number of aromatic nitrogens is 6. The summed E-state index contributed by atoms with van der Waals surface area (Å²) in [5, 5.41) is 14.6. The van der Waals surface area contributed by atoms with Gasteiger partial charge in [-0.15, -0.1) is 0 Å². The number of H-pyrrole nitrogens is 1. The molecule has 0 unspecified atom stereocenters. The summed E-state index contributed by atoms with van der Waals surface area (Å²) in [7, 11) is 3.54. The Balaban J connectivity index is 1.46. The minimum atomic E-state index is -0.317. The van der Waals surface area contributed by atoms with E-state index in [1.807, 2.05) is 43.6 Å². The molecule has 0 aliphatic heterocycles. The highest BCUT2D eigenvalue weighted by molar-refractivity contribution is 5.76. The second-order valence-corrected chi connectivity index (χ2v) is 9.60. The van der Waals surface area contributed by atoms with Crippen LogP contribution in [0.2, 0.25) is 0 Å². The molecule has 208 valence electrons. The Hall–Kier alpha value is -4.73. The summed E-state index contributed by atoms with van der Waals surface area (Å²) in [5.41, 5.74) is 5.29. The fourth-order valence-corrected chi connectivity index (χ4v) is 4.50. The smallest absolute Gasteiger partial charge is 0.242 e. The molecule has 0 spiro atoms. The topological polar surface area (TPSA) is 123 Å². The molecule has 1 atom stereocenters. The van der Waals surface area contributed by atoms with Crippen molar-refractivity contribution < 1.29 is 9.59 Å². The number of aromatic amines is 1. The number of nitrogens with zero attached hydrogens (tertiary/aromatic N) is 5. The van der Waals surface area contributed by atoms with E-state index in [0.29, 0.717) is 24.4 Å². The van der Waals surface area contributed by atoms with Crippen LogP contribution in [0.15, 0.2) is 62.1 Å². The summed E-state index contributed by atoms with van der Waals surface area (Å²) < 4.78 is 3.36. The maximum atomic E-state index is 13.0. The van der Waals surface area contributed by atoms with Gasteiger partial charge in [0, 0.05) is 44.0 Å². The molecular weight excluding hydrogens is 504 g/mol. The van der Waals surface area contributed by atoms with Crippen molar-refractivity contribution in [2.45, 2.75) is 44.7 Å². The lowest BCUT2D eigenvalue weighted by molar-refractivity contribution is -0.123. The zero-order valence-corrected chi connectivity index (χ0v) is 23.1. The minimum absolute atomic E-state index is 0.0339. The largest absolute Gasteiger partial charge is 0.359 e. The van der Waals surface area contributed by atoms with Gasteiger partial charge in [-0.1, -0.05) is 56.3 Å². The van der Waals surface area contributed by atoms with Gasteiger partial charge < -0.3 is 15.6 Å². The van der Waals surface area contributed by atoms with Crippen LogP contribution < -0.4 is 10.6 Å². The molecule has 10 heteroatoms. The predicted octanol–water partition coefficient (Wildman–Crippen LogP) is 4.51. The van der Waals surface area contributed by atoms with E-state index in [4.69, 9.17) is 0 Å².